The second-order valence-corrected chi connectivity index (χ2v) is 5.05. The van der Waals surface area contributed by atoms with Gasteiger partial charge in [0.15, 0.2) is 0 Å². The van der Waals surface area contributed by atoms with Crippen LogP contribution in [0.2, 0.25) is 0 Å². The summed E-state index contributed by atoms with van der Waals surface area (Å²) >= 11 is 0. The van der Waals surface area contributed by atoms with Crippen molar-refractivity contribution in [2.24, 2.45) is 0 Å². The van der Waals surface area contributed by atoms with Gasteiger partial charge in [0.2, 0.25) is 5.91 Å². The predicted molar refractivity (Wildman–Crippen MR) is 73.2 cm³/mol. The molecule has 1 saturated heterocycles. The zero-order valence-electron chi connectivity index (χ0n) is 11.7. The highest BCUT2D eigenvalue weighted by atomic mass is 16.5. The average molecular weight is 263 g/mol. The van der Waals surface area contributed by atoms with Gasteiger partial charge in [-0.1, -0.05) is 0 Å². The molecule has 2 unspecified atom stereocenters. The Bertz CT molecular complexity index is 448. The van der Waals surface area contributed by atoms with Crippen LogP contribution >= 0.6 is 0 Å². The Morgan fingerprint density at radius 1 is 1.53 bits per heavy atom. The molecule has 5 heteroatoms. The van der Waals surface area contributed by atoms with E-state index >= 15 is 0 Å². The van der Waals surface area contributed by atoms with Crippen molar-refractivity contribution in [1.29, 1.82) is 0 Å². The SMILES string of the molecule is COc1cccnc1C1CCNC(C(=O)N(C)C)C1. The van der Waals surface area contributed by atoms with Crippen LogP contribution in [-0.2, 0) is 4.79 Å². The molecule has 1 N–H and O–H groups in total. The monoisotopic (exact) mass is 263 g/mol. The number of nitrogens with zero attached hydrogens (tertiary/aromatic N) is 2. The molecule has 1 aromatic rings. The third kappa shape index (κ3) is 3.04. The third-order valence-corrected chi connectivity index (χ3v) is 3.55. The van der Waals surface area contributed by atoms with Gasteiger partial charge in [-0.25, -0.2) is 0 Å². The van der Waals surface area contributed by atoms with E-state index in [0.717, 1.165) is 30.8 Å². The molecule has 2 heterocycles. The van der Waals surface area contributed by atoms with Gasteiger partial charge in [0.1, 0.15) is 5.75 Å². The fourth-order valence-corrected chi connectivity index (χ4v) is 2.55. The van der Waals surface area contributed by atoms with Crippen LogP contribution < -0.4 is 10.1 Å². The van der Waals surface area contributed by atoms with E-state index in [1.807, 2.05) is 12.1 Å². The van der Waals surface area contributed by atoms with Crippen LogP contribution in [0, 0.1) is 0 Å². The van der Waals surface area contributed by atoms with Crippen LogP contribution in [0.4, 0.5) is 0 Å². The van der Waals surface area contributed by atoms with Gasteiger partial charge < -0.3 is 15.0 Å². The summed E-state index contributed by atoms with van der Waals surface area (Å²) in [5.41, 5.74) is 0.961. The molecule has 0 spiro atoms. The molecule has 19 heavy (non-hydrogen) atoms. The number of piperidine rings is 1. The molecule has 1 aromatic heterocycles. The van der Waals surface area contributed by atoms with Gasteiger partial charge in [-0.2, -0.15) is 0 Å². The Morgan fingerprint density at radius 2 is 2.32 bits per heavy atom. The summed E-state index contributed by atoms with van der Waals surface area (Å²) in [5, 5.41) is 3.28. The van der Waals surface area contributed by atoms with Crippen LogP contribution in [0.3, 0.4) is 0 Å². The predicted octanol–water partition coefficient (Wildman–Crippen LogP) is 1.01. The summed E-state index contributed by atoms with van der Waals surface area (Å²) in [6, 6.07) is 3.67. The molecule has 1 fully saturated rings. The van der Waals surface area contributed by atoms with E-state index in [-0.39, 0.29) is 17.9 Å². The minimum atomic E-state index is -0.125. The normalized spacial score (nSPS) is 22.9. The molecular formula is C14H21N3O2. The lowest BCUT2D eigenvalue weighted by Gasteiger charge is -2.31. The second kappa shape index (κ2) is 6.02. The van der Waals surface area contributed by atoms with Crippen LogP contribution in [0.15, 0.2) is 18.3 Å². The van der Waals surface area contributed by atoms with Crippen LogP contribution in [0.25, 0.3) is 0 Å². The number of carbonyl (C=O) groups is 1. The zero-order valence-corrected chi connectivity index (χ0v) is 11.7. The Morgan fingerprint density at radius 3 is 3.00 bits per heavy atom. The average Bonchev–Trinajstić information content (AvgIpc) is 2.46. The van der Waals surface area contributed by atoms with Gasteiger partial charge in [-0.05, 0) is 31.5 Å². The summed E-state index contributed by atoms with van der Waals surface area (Å²) in [4.78, 5) is 18.1. The quantitative estimate of drug-likeness (QED) is 0.884. The van der Waals surface area contributed by atoms with Crippen molar-refractivity contribution in [2.45, 2.75) is 24.8 Å². The smallest absolute Gasteiger partial charge is 0.239 e. The van der Waals surface area contributed by atoms with Gasteiger partial charge in [0, 0.05) is 26.2 Å². The van der Waals surface area contributed by atoms with E-state index < -0.39 is 0 Å². The number of hydrogen-bond acceptors (Lipinski definition) is 4. The molecule has 0 radical (unpaired) electrons. The maximum Gasteiger partial charge on any atom is 0.239 e. The number of amides is 1. The molecule has 1 aliphatic rings. The molecule has 104 valence electrons. The third-order valence-electron chi connectivity index (χ3n) is 3.55. The number of pyridine rings is 1. The van der Waals surface area contributed by atoms with Gasteiger partial charge in [-0.15, -0.1) is 0 Å². The minimum Gasteiger partial charge on any atom is -0.495 e. The molecule has 2 rings (SSSR count). The molecule has 0 bridgehead atoms. The number of aromatic nitrogens is 1. The number of hydrogen-bond donors (Lipinski definition) is 1. The maximum absolute atomic E-state index is 12.0. The first-order valence-corrected chi connectivity index (χ1v) is 6.57. The second-order valence-electron chi connectivity index (χ2n) is 5.05. The van der Waals surface area contributed by atoms with Crippen molar-refractivity contribution in [3.63, 3.8) is 0 Å². The van der Waals surface area contributed by atoms with Crippen molar-refractivity contribution < 1.29 is 9.53 Å². The Balaban J connectivity index is 2.15. The standard InChI is InChI=1S/C14H21N3O2/c1-17(2)14(18)11-9-10(6-8-15-11)13-12(19-3)5-4-7-16-13/h4-5,7,10-11,15H,6,8-9H2,1-3H3. The largest absolute Gasteiger partial charge is 0.495 e. The zero-order chi connectivity index (χ0) is 13.8. The van der Waals surface area contributed by atoms with Crippen molar-refractivity contribution in [1.82, 2.24) is 15.2 Å². The molecule has 1 aliphatic heterocycles. The first kappa shape index (κ1) is 13.8. The number of nitrogens with one attached hydrogen (secondary N) is 1. The summed E-state index contributed by atoms with van der Waals surface area (Å²) in [6.45, 7) is 0.828. The topological polar surface area (TPSA) is 54.5 Å². The molecule has 0 aliphatic carbocycles. The molecule has 1 amide bonds. The highest BCUT2D eigenvalue weighted by molar-refractivity contribution is 5.81. The van der Waals surface area contributed by atoms with E-state index in [1.165, 1.54) is 0 Å². The van der Waals surface area contributed by atoms with Gasteiger partial charge in [-0.3, -0.25) is 9.78 Å². The maximum atomic E-state index is 12.0. The van der Waals surface area contributed by atoms with E-state index in [2.05, 4.69) is 10.3 Å². The summed E-state index contributed by atoms with van der Waals surface area (Å²) in [6.07, 6.45) is 3.53. The van der Waals surface area contributed by atoms with Crippen molar-refractivity contribution in [3.05, 3.63) is 24.0 Å². The number of ether oxygens (including phenoxy) is 1. The van der Waals surface area contributed by atoms with E-state index in [0.29, 0.717) is 0 Å². The fraction of sp³-hybridized carbons (Fsp3) is 0.571. The fourth-order valence-electron chi connectivity index (χ4n) is 2.55. The van der Waals surface area contributed by atoms with Crippen LogP contribution in [0.1, 0.15) is 24.5 Å². The molecular weight excluding hydrogens is 242 g/mol. The minimum absolute atomic E-state index is 0.125. The van der Waals surface area contributed by atoms with Crippen LogP contribution in [0.5, 0.6) is 5.75 Å². The van der Waals surface area contributed by atoms with Crippen LogP contribution in [-0.4, -0.2) is 49.6 Å². The molecule has 5 nitrogen and oxygen atoms in total. The van der Waals surface area contributed by atoms with Gasteiger partial charge in [0.25, 0.3) is 0 Å². The van der Waals surface area contributed by atoms with Crippen molar-refractivity contribution >= 4 is 5.91 Å². The summed E-state index contributed by atoms with van der Waals surface area (Å²) in [7, 11) is 5.23. The van der Waals surface area contributed by atoms with Crippen molar-refractivity contribution in [2.75, 3.05) is 27.7 Å². The Labute approximate surface area is 114 Å². The number of methoxy groups -OCH3 is 1. The Hall–Kier alpha value is -1.62. The lowest BCUT2D eigenvalue weighted by Crippen LogP contribution is -2.47. The first-order chi connectivity index (χ1) is 9.13. The van der Waals surface area contributed by atoms with E-state index in [9.17, 15) is 4.79 Å². The number of likely N-dealkylation sites (N-methyl/N-ethyl adjacent to an activating group) is 1. The molecule has 0 aromatic carbocycles. The highest BCUT2D eigenvalue weighted by Crippen LogP contribution is 2.32. The lowest BCUT2D eigenvalue weighted by atomic mass is 9.88. The number of carbonyl (C=O) groups excluding carboxylic acids is 1. The Kier molecular flexibility index (Phi) is 4.37. The van der Waals surface area contributed by atoms with E-state index in [1.54, 1.807) is 32.3 Å². The highest BCUT2D eigenvalue weighted by Gasteiger charge is 2.30. The van der Waals surface area contributed by atoms with E-state index in [4.69, 9.17) is 4.74 Å². The van der Waals surface area contributed by atoms with Crippen molar-refractivity contribution in [3.8, 4) is 5.75 Å². The summed E-state index contributed by atoms with van der Waals surface area (Å²) < 4.78 is 5.36. The molecule has 0 saturated carbocycles. The van der Waals surface area contributed by atoms with Gasteiger partial charge >= 0.3 is 0 Å². The first-order valence-electron chi connectivity index (χ1n) is 6.57. The van der Waals surface area contributed by atoms with Gasteiger partial charge in [0.05, 0.1) is 18.8 Å². The summed E-state index contributed by atoms with van der Waals surface area (Å²) in [5.74, 6) is 1.20. The lowest BCUT2D eigenvalue weighted by molar-refractivity contribution is -0.131. The molecule has 2 atom stereocenters. The number of rotatable bonds is 3.